The number of hydrogen-bond donors (Lipinski definition) is 1. The van der Waals surface area contributed by atoms with Crippen LogP contribution >= 0.6 is 22.6 Å². The van der Waals surface area contributed by atoms with E-state index in [-0.39, 0.29) is 16.1 Å². The van der Waals surface area contributed by atoms with E-state index in [1.807, 2.05) is 0 Å². The molecule has 0 aliphatic heterocycles. The second-order valence-corrected chi connectivity index (χ2v) is 6.94. The minimum Gasteiger partial charge on any atom is -0.258 e. The van der Waals surface area contributed by atoms with Crippen LogP contribution in [0.25, 0.3) is 0 Å². The SMILES string of the molecule is Cc1cc(C)c(S(=O)(=O)NCCI)c(C)c1[N+](=O)[O-]. The van der Waals surface area contributed by atoms with Gasteiger partial charge in [-0.2, -0.15) is 0 Å². The van der Waals surface area contributed by atoms with Crippen molar-refractivity contribution in [3.05, 3.63) is 32.9 Å². The van der Waals surface area contributed by atoms with E-state index >= 15 is 0 Å². The van der Waals surface area contributed by atoms with Gasteiger partial charge < -0.3 is 0 Å². The molecule has 0 aromatic heterocycles. The molecule has 0 fully saturated rings. The molecule has 1 N–H and O–H groups in total. The molecule has 0 aliphatic rings. The quantitative estimate of drug-likeness (QED) is 0.357. The molecule has 0 saturated carbocycles. The topological polar surface area (TPSA) is 89.3 Å². The molecular weight excluding hydrogens is 383 g/mol. The molecule has 1 rings (SSSR count). The Balaban J connectivity index is 3.53. The van der Waals surface area contributed by atoms with Gasteiger partial charge in [-0.1, -0.05) is 22.6 Å². The first-order chi connectivity index (χ1) is 8.72. The fourth-order valence-electron chi connectivity index (χ4n) is 2.10. The molecule has 0 atom stereocenters. The predicted octanol–water partition coefficient (Wildman–Crippen LogP) is 2.23. The third-order valence-electron chi connectivity index (χ3n) is 2.70. The molecule has 1 aromatic rings. The minimum atomic E-state index is -3.72. The van der Waals surface area contributed by atoms with Gasteiger partial charge in [0.05, 0.1) is 9.82 Å². The molecular formula is C11H15IN2O4S. The van der Waals surface area contributed by atoms with Crippen molar-refractivity contribution in [1.29, 1.82) is 0 Å². The first-order valence-corrected chi connectivity index (χ1v) is 8.54. The third-order valence-corrected chi connectivity index (χ3v) is 4.99. The third kappa shape index (κ3) is 3.42. The molecule has 1 aromatic carbocycles. The maximum Gasteiger partial charge on any atom is 0.276 e. The highest BCUT2D eigenvalue weighted by Gasteiger charge is 2.27. The van der Waals surface area contributed by atoms with E-state index in [4.69, 9.17) is 0 Å². The average Bonchev–Trinajstić information content (AvgIpc) is 2.24. The summed E-state index contributed by atoms with van der Waals surface area (Å²) in [7, 11) is -3.72. The monoisotopic (exact) mass is 398 g/mol. The largest absolute Gasteiger partial charge is 0.276 e. The lowest BCUT2D eigenvalue weighted by Crippen LogP contribution is -2.27. The number of sulfonamides is 1. The maximum atomic E-state index is 12.2. The summed E-state index contributed by atoms with van der Waals surface area (Å²) in [6, 6.07) is 1.53. The Labute approximate surface area is 125 Å². The van der Waals surface area contributed by atoms with Gasteiger partial charge in [0.1, 0.15) is 0 Å². The van der Waals surface area contributed by atoms with Gasteiger partial charge in [0.2, 0.25) is 10.0 Å². The van der Waals surface area contributed by atoms with Crippen molar-refractivity contribution in [2.75, 3.05) is 11.0 Å². The highest BCUT2D eigenvalue weighted by molar-refractivity contribution is 14.1. The van der Waals surface area contributed by atoms with Crippen LogP contribution in [0.15, 0.2) is 11.0 Å². The zero-order chi connectivity index (χ0) is 14.8. The van der Waals surface area contributed by atoms with Gasteiger partial charge in [-0.15, -0.1) is 0 Å². The molecule has 0 unspecified atom stereocenters. The van der Waals surface area contributed by atoms with Crippen molar-refractivity contribution in [2.45, 2.75) is 25.7 Å². The van der Waals surface area contributed by atoms with E-state index in [9.17, 15) is 18.5 Å². The summed E-state index contributed by atoms with van der Waals surface area (Å²) in [5, 5.41) is 11.0. The van der Waals surface area contributed by atoms with Crippen molar-refractivity contribution < 1.29 is 13.3 Å². The average molecular weight is 398 g/mol. The fraction of sp³-hybridized carbons (Fsp3) is 0.455. The second-order valence-electron chi connectivity index (χ2n) is 4.16. The lowest BCUT2D eigenvalue weighted by Gasteiger charge is -2.13. The summed E-state index contributed by atoms with van der Waals surface area (Å²) in [6.45, 7) is 5.01. The number of alkyl halides is 1. The van der Waals surface area contributed by atoms with Crippen LogP contribution in [0.1, 0.15) is 16.7 Å². The molecule has 0 heterocycles. The van der Waals surface area contributed by atoms with E-state index in [0.717, 1.165) is 0 Å². The van der Waals surface area contributed by atoms with Crippen LogP contribution in [0.3, 0.4) is 0 Å². The van der Waals surface area contributed by atoms with Crippen LogP contribution in [0, 0.1) is 30.9 Å². The van der Waals surface area contributed by atoms with Crippen LogP contribution in [-0.2, 0) is 10.0 Å². The van der Waals surface area contributed by atoms with Crippen molar-refractivity contribution in [3.63, 3.8) is 0 Å². The number of nitrogens with zero attached hydrogens (tertiary/aromatic N) is 1. The van der Waals surface area contributed by atoms with Crippen LogP contribution in [0.4, 0.5) is 5.69 Å². The number of aryl methyl sites for hydroxylation is 2. The van der Waals surface area contributed by atoms with Crippen molar-refractivity contribution >= 4 is 38.3 Å². The Morgan fingerprint density at radius 1 is 1.32 bits per heavy atom. The first-order valence-electron chi connectivity index (χ1n) is 5.53. The molecule has 0 spiro atoms. The first kappa shape index (κ1) is 16.3. The van der Waals surface area contributed by atoms with E-state index in [1.54, 1.807) is 13.8 Å². The predicted molar refractivity (Wildman–Crippen MR) is 81.4 cm³/mol. The number of hydrogen-bond acceptors (Lipinski definition) is 4. The molecule has 6 nitrogen and oxygen atoms in total. The molecule has 0 radical (unpaired) electrons. The number of halogens is 1. The zero-order valence-corrected chi connectivity index (χ0v) is 13.8. The standard InChI is InChI=1S/C11H15IN2O4S/c1-7-6-8(2)11(9(3)10(7)14(15)16)19(17,18)13-5-4-12/h6,13H,4-5H2,1-3H3. The Morgan fingerprint density at radius 2 is 1.89 bits per heavy atom. The number of rotatable bonds is 5. The highest BCUT2D eigenvalue weighted by Crippen LogP contribution is 2.31. The van der Waals surface area contributed by atoms with Crippen molar-refractivity contribution in [2.24, 2.45) is 0 Å². The molecule has 106 valence electrons. The molecule has 8 heteroatoms. The summed E-state index contributed by atoms with van der Waals surface area (Å²) in [5.41, 5.74) is 1.03. The van der Waals surface area contributed by atoms with Gasteiger partial charge in [0.25, 0.3) is 5.69 Å². The van der Waals surface area contributed by atoms with Crippen molar-refractivity contribution in [1.82, 2.24) is 4.72 Å². The van der Waals surface area contributed by atoms with E-state index in [2.05, 4.69) is 27.3 Å². The second kappa shape index (κ2) is 6.14. The van der Waals surface area contributed by atoms with Crippen LogP contribution in [-0.4, -0.2) is 24.3 Å². The Morgan fingerprint density at radius 3 is 2.37 bits per heavy atom. The molecule has 0 amide bonds. The number of nitro groups is 1. The fourth-order valence-corrected chi connectivity index (χ4v) is 4.23. The normalized spacial score (nSPS) is 11.6. The van der Waals surface area contributed by atoms with E-state index in [1.165, 1.54) is 13.0 Å². The molecule has 0 aliphatic carbocycles. The minimum absolute atomic E-state index is 0.00894. The molecule has 0 saturated heterocycles. The lowest BCUT2D eigenvalue weighted by atomic mass is 10.1. The van der Waals surface area contributed by atoms with Gasteiger partial charge in [-0.05, 0) is 32.4 Å². The summed E-state index contributed by atoms with van der Waals surface area (Å²) in [5.74, 6) is 0. The summed E-state index contributed by atoms with van der Waals surface area (Å²) < 4.78 is 27.4. The van der Waals surface area contributed by atoms with Crippen LogP contribution in [0.2, 0.25) is 0 Å². The molecule has 19 heavy (non-hydrogen) atoms. The van der Waals surface area contributed by atoms with Gasteiger partial charge in [-0.25, -0.2) is 13.1 Å². The van der Waals surface area contributed by atoms with Gasteiger partial charge in [0.15, 0.2) is 0 Å². The number of benzene rings is 1. The highest BCUT2D eigenvalue weighted by atomic mass is 127. The number of nitro benzene ring substituents is 1. The Hall–Kier alpha value is -0.740. The summed E-state index contributed by atoms with van der Waals surface area (Å²) in [4.78, 5) is 10.5. The summed E-state index contributed by atoms with van der Waals surface area (Å²) >= 11 is 2.05. The van der Waals surface area contributed by atoms with Gasteiger partial charge >= 0.3 is 0 Å². The van der Waals surface area contributed by atoms with Crippen LogP contribution in [0.5, 0.6) is 0 Å². The van der Waals surface area contributed by atoms with Crippen LogP contribution < -0.4 is 4.72 Å². The number of nitrogens with one attached hydrogen (secondary N) is 1. The van der Waals surface area contributed by atoms with Gasteiger partial charge in [-0.3, -0.25) is 10.1 Å². The smallest absolute Gasteiger partial charge is 0.258 e. The lowest BCUT2D eigenvalue weighted by molar-refractivity contribution is -0.386. The van der Waals surface area contributed by atoms with E-state index in [0.29, 0.717) is 22.1 Å². The Bertz CT molecular complexity index is 614. The van der Waals surface area contributed by atoms with Gasteiger partial charge in [0, 0.05) is 22.1 Å². The zero-order valence-electron chi connectivity index (χ0n) is 10.9. The molecule has 0 bridgehead atoms. The van der Waals surface area contributed by atoms with Crippen molar-refractivity contribution in [3.8, 4) is 0 Å². The summed E-state index contributed by atoms with van der Waals surface area (Å²) in [6.07, 6.45) is 0. The maximum absolute atomic E-state index is 12.2. The Kier molecular flexibility index (Phi) is 5.27. The van der Waals surface area contributed by atoms with E-state index < -0.39 is 14.9 Å².